The Labute approximate surface area is 303 Å². The Kier molecular flexibility index (Phi) is 10.1. The number of hydrogen-bond donors (Lipinski definition) is 2. The topological polar surface area (TPSA) is 115 Å². The average molecular weight is 701 g/mol. The Balaban J connectivity index is 0.989. The van der Waals surface area contributed by atoms with E-state index < -0.39 is 12.1 Å². The van der Waals surface area contributed by atoms with Gasteiger partial charge in [-0.15, -0.1) is 0 Å². The van der Waals surface area contributed by atoms with Gasteiger partial charge in [0.1, 0.15) is 5.69 Å². The minimum Gasteiger partial charge on any atom is -0.392 e. The maximum Gasteiger partial charge on any atom is 0.271 e. The van der Waals surface area contributed by atoms with Gasteiger partial charge < -0.3 is 34.3 Å². The summed E-state index contributed by atoms with van der Waals surface area (Å²) in [6, 6.07) is 32.0. The monoisotopic (exact) mass is 700 g/mol. The first-order valence-electron chi connectivity index (χ1n) is 18.2. The molecular formula is C42H44N4O6. The number of aliphatic hydroxyl groups is 1. The number of nitrogens with zero attached hydrogens (tertiary/aromatic N) is 3. The van der Waals surface area contributed by atoms with Crippen LogP contribution in [0.1, 0.15) is 64.9 Å². The highest BCUT2D eigenvalue weighted by Crippen LogP contribution is 2.43. The number of piperidine rings is 1. The van der Waals surface area contributed by atoms with Gasteiger partial charge >= 0.3 is 0 Å². The van der Waals surface area contributed by atoms with E-state index in [4.69, 9.17) is 18.9 Å². The van der Waals surface area contributed by atoms with Gasteiger partial charge in [-0.3, -0.25) is 9.78 Å². The molecule has 0 saturated carbocycles. The maximum atomic E-state index is 13.0. The number of amides is 1. The summed E-state index contributed by atoms with van der Waals surface area (Å²) in [5, 5.41) is 12.6. The number of ether oxygens (including phenoxy) is 4. The fourth-order valence-corrected chi connectivity index (χ4v) is 7.51. The minimum absolute atomic E-state index is 0.000894. The van der Waals surface area contributed by atoms with Crippen molar-refractivity contribution in [1.29, 1.82) is 0 Å². The molecule has 10 nitrogen and oxygen atoms in total. The highest BCUT2D eigenvalue weighted by molar-refractivity contribution is 5.93. The molecule has 3 aliphatic heterocycles. The molecule has 1 spiro atoms. The number of carbonyl (C=O) groups excluding carboxylic acids is 1. The number of aromatic nitrogens is 2. The first-order chi connectivity index (χ1) is 25.4. The third-order valence-corrected chi connectivity index (χ3v) is 10.5. The Morgan fingerprint density at radius 1 is 0.846 bits per heavy atom. The quantitative estimate of drug-likeness (QED) is 0.182. The molecule has 4 atom stereocenters. The van der Waals surface area contributed by atoms with E-state index in [1.807, 2.05) is 54.6 Å². The van der Waals surface area contributed by atoms with Crippen LogP contribution >= 0.6 is 0 Å². The van der Waals surface area contributed by atoms with Crippen LogP contribution in [0.2, 0.25) is 0 Å². The lowest BCUT2D eigenvalue weighted by molar-refractivity contribution is -0.278. The molecule has 4 unspecified atom stereocenters. The zero-order valence-corrected chi connectivity index (χ0v) is 29.3. The zero-order valence-electron chi connectivity index (χ0n) is 29.3. The van der Waals surface area contributed by atoms with Gasteiger partial charge in [-0.2, -0.15) is 0 Å². The highest BCUT2D eigenvalue weighted by atomic mass is 16.7. The molecule has 0 bridgehead atoms. The van der Waals surface area contributed by atoms with Crippen LogP contribution in [0.15, 0.2) is 103 Å². The van der Waals surface area contributed by atoms with Crippen molar-refractivity contribution in [2.24, 2.45) is 5.92 Å². The van der Waals surface area contributed by atoms with Crippen LogP contribution in [-0.2, 0) is 32.1 Å². The Bertz CT molecular complexity index is 2010. The van der Waals surface area contributed by atoms with Gasteiger partial charge in [0.05, 0.1) is 49.3 Å². The van der Waals surface area contributed by atoms with Gasteiger partial charge in [0.15, 0.2) is 12.1 Å². The number of benzene rings is 4. The normalized spacial score (nSPS) is 23.2. The van der Waals surface area contributed by atoms with Crippen molar-refractivity contribution in [3.63, 3.8) is 0 Å². The van der Waals surface area contributed by atoms with Crippen LogP contribution in [0.4, 0.5) is 0 Å². The molecule has 4 aromatic carbocycles. The number of nitrogens with one attached hydrogen (secondary N) is 1. The molecule has 5 aromatic rings. The van der Waals surface area contributed by atoms with Gasteiger partial charge in [0.25, 0.3) is 5.91 Å². The lowest BCUT2D eigenvalue weighted by Gasteiger charge is -2.44. The summed E-state index contributed by atoms with van der Waals surface area (Å²) in [5.41, 5.74) is 7.60. The largest absolute Gasteiger partial charge is 0.392 e. The number of hydrogen-bond acceptors (Lipinski definition) is 9. The summed E-state index contributed by atoms with van der Waals surface area (Å²) in [6.45, 7) is 6.43. The summed E-state index contributed by atoms with van der Waals surface area (Å²) < 4.78 is 25.6. The van der Waals surface area contributed by atoms with Gasteiger partial charge in [-0.1, -0.05) is 79.7 Å². The second-order valence-electron chi connectivity index (χ2n) is 14.0. The van der Waals surface area contributed by atoms with Crippen LogP contribution in [0.3, 0.4) is 0 Å². The summed E-state index contributed by atoms with van der Waals surface area (Å²) in [7, 11) is 0. The third kappa shape index (κ3) is 7.50. The Morgan fingerprint density at radius 3 is 2.35 bits per heavy atom. The Hall–Kier alpha value is -4.55. The fourth-order valence-electron chi connectivity index (χ4n) is 7.51. The molecule has 3 aliphatic rings. The third-order valence-electron chi connectivity index (χ3n) is 10.5. The van der Waals surface area contributed by atoms with Crippen LogP contribution in [0.25, 0.3) is 22.2 Å². The first kappa shape index (κ1) is 34.5. The van der Waals surface area contributed by atoms with E-state index in [-0.39, 0.29) is 36.3 Å². The van der Waals surface area contributed by atoms with E-state index in [1.165, 1.54) is 6.20 Å². The van der Waals surface area contributed by atoms with Crippen molar-refractivity contribution in [2.45, 2.75) is 57.2 Å². The second kappa shape index (κ2) is 15.2. The summed E-state index contributed by atoms with van der Waals surface area (Å²) in [6.07, 6.45) is 2.36. The van der Waals surface area contributed by atoms with Gasteiger partial charge in [-0.05, 0) is 52.1 Å². The predicted molar refractivity (Wildman–Crippen MR) is 196 cm³/mol. The second-order valence-corrected chi connectivity index (χ2v) is 14.0. The first-order valence-corrected chi connectivity index (χ1v) is 18.2. The van der Waals surface area contributed by atoms with Crippen molar-refractivity contribution in [3.05, 3.63) is 131 Å². The molecule has 0 radical (unpaired) electrons. The molecule has 1 amide bonds. The average Bonchev–Trinajstić information content (AvgIpc) is 3.66. The molecule has 8 rings (SSSR count). The van der Waals surface area contributed by atoms with Crippen molar-refractivity contribution < 1.29 is 28.8 Å². The molecule has 1 aromatic heterocycles. The van der Waals surface area contributed by atoms with Crippen molar-refractivity contribution in [2.75, 3.05) is 32.8 Å². The fraction of sp³-hybridized carbons (Fsp3) is 0.357. The highest BCUT2D eigenvalue weighted by Gasteiger charge is 2.43. The number of aliphatic hydroxyl groups excluding tert-OH is 1. The number of carbonyl (C=O) groups is 1. The van der Waals surface area contributed by atoms with Crippen LogP contribution < -0.4 is 5.32 Å². The van der Waals surface area contributed by atoms with E-state index in [1.54, 1.807) is 0 Å². The van der Waals surface area contributed by atoms with E-state index in [9.17, 15) is 9.90 Å². The van der Waals surface area contributed by atoms with Gasteiger partial charge in [0.2, 0.25) is 0 Å². The molecule has 4 heterocycles. The smallest absolute Gasteiger partial charge is 0.271 e. The molecule has 52 heavy (non-hydrogen) atoms. The summed E-state index contributed by atoms with van der Waals surface area (Å²) >= 11 is 0. The van der Waals surface area contributed by atoms with Crippen molar-refractivity contribution >= 4 is 16.9 Å². The van der Waals surface area contributed by atoms with Crippen molar-refractivity contribution in [3.8, 4) is 11.1 Å². The molecular weight excluding hydrogens is 656 g/mol. The standard InChI is InChI=1S/C42H44N4O6/c1-28-38(26-46-18-16-42(17-19-46)49-20-21-50-42)51-41(52-39(28)31-14-12-29(27-47)13-15-31)34-9-5-8-33(23-34)32-7-4-6-30(22-32)24-44-40(48)37-25-43-35-10-2-3-11-36(35)45-37/h2-15,22-23,25,28,38-39,41,47H,16-21,24,26-27H2,1H3,(H,44,48). The van der Waals surface area contributed by atoms with Gasteiger partial charge in [-0.25, -0.2) is 4.98 Å². The van der Waals surface area contributed by atoms with E-state index in [2.05, 4.69) is 69.6 Å². The van der Waals surface area contributed by atoms with Crippen LogP contribution in [0.5, 0.6) is 0 Å². The summed E-state index contributed by atoms with van der Waals surface area (Å²) in [4.78, 5) is 24.3. The SMILES string of the molecule is CC1C(CN2CCC3(CC2)OCCO3)OC(c2cccc(-c3cccc(CNC(=O)c4cnc5ccccc5n4)c3)c2)OC1c1ccc(CO)cc1. The maximum absolute atomic E-state index is 13.0. The molecule has 268 valence electrons. The number of rotatable bonds is 9. The lowest BCUT2D eigenvalue weighted by atomic mass is 9.89. The number of para-hydroxylation sites is 2. The number of fused-ring (bicyclic) bond motifs is 1. The van der Waals surface area contributed by atoms with Crippen LogP contribution in [0, 0.1) is 5.92 Å². The predicted octanol–water partition coefficient (Wildman–Crippen LogP) is 6.35. The molecule has 3 saturated heterocycles. The molecule has 3 fully saturated rings. The van der Waals surface area contributed by atoms with Gasteiger partial charge in [0, 0.05) is 50.5 Å². The molecule has 0 aliphatic carbocycles. The number of likely N-dealkylation sites (tertiary alicyclic amines) is 1. The zero-order chi connectivity index (χ0) is 35.5. The summed E-state index contributed by atoms with van der Waals surface area (Å²) in [5.74, 6) is -0.611. The molecule has 2 N–H and O–H groups in total. The molecule has 10 heteroatoms. The van der Waals surface area contributed by atoms with Crippen LogP contribution in [-0.4, -0.2) is 70.6 Å². The van der Waals surface area contributed by atoms with Crippen molar-refractivity contribution in [1.82, 2.24) is 20.2 Å². The lowest BCUT2D eigenvalue weighted by Crippen LogP contribution is -2.50. The minimum atomic E-state index is -0.577. The van der Waals surface area contributed by atoms with E-state index in [0.29, 0.717) is 25.3 Å². The van der Waals surface area contributed by atoms with E-state index >= 15 is 0 Å². The Morgan fingerprint density at radius 2 is 1.58 bits per heavy atom. The van der Waals surface area contributed by atoms with E-state index in [0.717, 1.165) is 71.4 Å².